The number of nitrogens with zero attached hydrogens (tertiary/aromatic N) is 1. The van der Waals surface area contributed by atoms with Gasteiger partial charge in [-0.1, -0.05) is 30.3 Å². The normalized spacial score (nSPS) is 29.4. The second-order valence-corrected chi connectivity index (χ2v) is 11.7. The van der Waals surface area contributed by atoms with Crippen LogP contribution in [-0.2, 0) is 33.5 Å². The highest BCUT2D eigenvalue weighted by molar-refractivity contribution is 5.80. The average Bonchev–Trinajstić information content (AvgIpc) is 3.31. The van der Waals surface area contributed by atoms with E-state index in [1.165, 1.54) is 24.3 Å². The molecule has 9 heteroatoms. The molecule has 0 radical (unpaired) electrons. The summed E-state index contributed by atoms with van der Waals surface area (Å²) in [6.45, 7) is -1.87. The first kappa shape index (κ1) is 24.8. The Bertz CT molecular complexity index is 1420. The number of fused-ring (bicyclic) bond motifs is 3. The van der Waals surface area contributed by atoms with Crippen LogP contribution < -0.4 is 0 Å². The molecule has 1 N–H and O–H groups in total. The first-order valence-electron chi connectivity index (χ1n) is 15.2. The second-order valence-electron chi connectivity index (χ2n) is 11.7. The summed E-state index contributed by atoms with van der Waals surface area (Å²) >= 11 is 0. The molecular weight excluding hydrogens is 529 g/mol. The molecule has 0 aromatic heterocycles. The Hall–Kier alpha value is -2.97. The summed E-state index contributed by atoms with van der Waals surface area (Å²) < 4.78 is 93.3. The number of carboxylic acids is 1. The van der Waals surface area contributed by atoms with Crippen LogP contribution in [0.1, 0.15) is 77.4 Å². The van der Waals surface area contributed by atoms with Crippen molar-refractivity contribution < 1.29 is 40.8 Å². The number of carboxylic acid groups (broad SMARTS) is 1. The summed E-state index contributed by atoms with van der Waals surface area (Å²) in [4.78, 5) is 27.1. The number of likely N-dealkylation sites (tertiary alicyclic amines) is 1. The molecule has 2 aliphatic carbocycles. The molecule has 0 bridgehead atoms. The molecule has 1 amide bonds. The molecule has 5 rings (SSSR count). The van der Waals surface area contributed by atoms with Crippen molar-refractivity contribution in [3.63, 3.8) is 0 Å². The highest BCUT2D eigenvalue weighted by Crippen LogP contribution is 2.51. The van der Waals surface area contributed by atoms with Crippen molar-refractivity contribution in [2.45, 2.75) is 88.4 Å². The minimum atomic E-state index is -5.12. The van der Waals surface area contributed by atoms with E-state index in [2.05, 4.69) is 0 Å². The highest BCUT2D eigenvalue weighted by atomic mass is 19.4. The standard InChI is InChI=1S/C31H34F5NO3/c1-18-15-19(3-11-25(18)32)17-30-13-14-37(27(38)20-4-6-21(7-5-20)28(39)40)26(30)12-8-22-16-23(9-10-24(22)30)29(2,33)31(34,35)36/h3,9-11,15-16,20-21,26H,4-8,12-14,17H2,1-2H3,(H,39,40)/i1D3. The van der Waals surface area contributed by atoms with Crippen molar-refractivity contribution in [2.75, 3.05) is 6.54 Å². The number of amides is 1. The predicted octanol–water partition coefficient (Wildman–Crippen LogP) is 6.80. The van der Waals surface area contributed by atoms with Crippen LogP contribution >= 0.6 is 0 Å². The summed E-state index contributed by atoms with van der Waals surface area (Å²) in [6.07, 6.45) is -2.10. The summed E-state index contributed by atoms with van der Waals surface area (Å²) in [5.41, 5.74) is -3.62. The Morgan fingerprint density at radius 2 is 1.75 bits per heavy atom. The molecule has 2 aromatic carbocycles. The Morgan fingerprint density at radius 3 is 2.40 bits per heavy atom. The quantitative estimate of drug-likeness (QED) is 0.405. The minimum absolute atomic E-state index is 0.0912. The fourth-order valence-electron chi connectivity index (χ4n) is 7.15. The molecule has 1 saturated heterocycles. The third-order valence-corrected chi connectivity index (χ3v) is 9.48. The number of aryl methyl sites for hydroxylation is 2. The molecule has 3 atom stereocenters. The fraction of sp³-hybridized carbons (Fsp3) is 0.548. The second kappa shape index (κ2) is 10.1. The van der Waals surface area contributed by atoms with Gasteiger partial charge in [-0.25, -0.2) is 8.78 Å². The van der Waals surface area contributed by atoms with E-state index < -0.39 is 52.9 Å². The summed E-state index contributed by atoms with van der Waals surface area (Å²) in [5.74, 6) is -2.67. The lowest BCUT2D eigenvalue weighted by Crippen LogP contribution is -2.51. The number of carbonyl (C=O) groups is 2. The number of hydrogen-bond acceptors (Lipinski definition) is 2. The van der Waals surface area contributed by atoms with Crippen molar-refractivity contribution in [1.82, 2.24) is 4.90 Å². The lowest BCUT2D eigenvalue weighted by molar-refractivity contribution is -0.228. The van der Waals surface area contributed by atoms with Gasteiger partial charge in [0.25, 0.3) is 0 Å². The first-order chi connectivity index (χ1) is 20.0. The third kappa shape index (κ3) is 4.79. The van der Waals surface area contributed by atoms with Crippen LogP contribution in [0.15, 0.2) is 36.4 Å². The maximum Gasteiger partial charge on any atom is 0.426 e. The van der Waals surface area contributed by atoms with Gasteiger partial charge in [0, 0.05) is 28.0 Å². The SMILES string of the molecule is [2H]C([2H])([2H])c1cc(CC23CCN(C(=O)C4CCC(C(=O)O)CC4)C2CCc2cc(C(C)(F)C(F)(F)F)ccc23)ccc1F. The molecule has 3 aliphatic rings. The molecule has 3 unspecified atom stereocenters. The number of benzene rings is 2. The molecular formula is C31H34F5NO3. The van der Waals surface area contributed by atoms with Crippen LogP contribution in [0.3, 0.4) is 0 Å². The molecule has 216 valence electrons. The van der Waals surface area contributed by atoms with E-state index in [0.717, 1.165) is 12.1 Å². The van der Waals surface area contributed by atoms with Gasteiger partial charge < -0.3 is 10.0 Å². The van der Waals surface area contributed by atoms with E-state index in [1.54, 1.807) is 4.90 Å². The third-order valence-electron chi connectivity index (χ3n) is 9.48. The number of aliphatic carboxylic acids is 1. The molecule has 4 nitrogen and oxygen atoms in total. The van der Waals surface area contributed by atoms with E-state index in [4.69, 9.17) is 4.11 Å². The van der Waals surface area contributed by atoms with Gasteiger partial charge in [-0.05, 0) is 99.0 Å². The zero-order valence-electron chi connectivity index (χ0n) is 25.2. The van der Waals surface area contributed by atoms with E-state index in [0.29, 0.717) is 75.1 Å². The summed E-state index contributed by atoms with van der Waals surface area (Å²) in [5, 5.41) is 9.36. The van der Waals surface area contributed by atoms with Crippen LogP contribution in [0.5, 0.6) is 0 Å². The number of rotatable bonds is 5. The minimum Gasteiger partial charge on any atom is -0.481 e. The molecule has 0 spiro atoms. The van der Waals surface area contributed by atoms with Crippen LogP contribution in [-0.4, -0.2) is 40.6 Å². The van der Waals surface area contributed by atoms with Crippen molar-refractivity contribution in [3.05, 3.63) is 70.0 Å². The fourth-order valence-corrected chi connectivity index (χ4v) is 7.15. The van der Waals surface area contributed by atoms with Crippen LogP contribution in [0.2, 0.25) is 0 Å². The van der Waals surface area contributed by atoms with Gasteiger partial charge in [-0.15, -0.1) is 0 Å². The van der Waals surface area contributed by atoms with E-state index in [1.807, 2.05) is 0 Å². The van der Waals surface area contributed by atoms with Gasteiger partial charge in [0.05, 0.1) is 5.92 Å². The average molecular weight is 567 g/mol. The largest absolute Gasteiger partial charge is 0.481 e. The predicted molar refractivity (Wildman–Crippen MR) is 139 cm³/mol. The van der Waals surface area contributed by atoms with Crippen LogP contribution in [0.25, 0.3) is 0 Å². The van der Waals surface area contributed by atoms with Crippen LogP contribution in [0.4, 0.5) is 22.0 Å². The van der Waals surface area contributed by atoms with Gasteiger partial charge in [0.15, 0.2) is 0 Å². The molecule has 1 heterocycles. The lowest BCUT2D eigenvalue weighted by Gasteiger charge is -2.45. The highest BCUT2D eigenvalue weighted by Gasteiger charge is 2.56. The number of hydrogen-bond donors (Lipinski definition) is 1. The first-order valence-corrected chi connectivity index (χ1v) is 13.7. The van der Waals surface area contributed by atoms with E-state index in [-0.39, 0.29) is 24.3 Å². The Kier molecular flexibility index (Phi) is 6.29. The van der Waals surface area contributed by atoms with Crippen molar-refractivity contribution in [2.24, 2.45) is 11.8 Å². The smallest absolute Gasteiger partial charge is 0.426 e. The zero-order valence-corrected chi connectivity index (χ0v) is 22.2. The maximum absolute atomic E-state index is 15.0. The summed E-state index contributed by atoms with van der Waals surface area (Å²) in [6, 6.07) is 7.36. The van der Waals surface area contributed by atoms with Gasteiger partial charge >= 0.3 is 12.1 Å². The zero-order chi connectivity index (χ0) is 31.5. The molecule has 2 aromatic rings. The monoisotopic (exact) mass is 566 g/mol. The Balaban J connectivity index is 1.54. The van der Waals surface area contributed by atoms with E-state index in [9.17, 15) is 36.6 Å². The molecule has 1 saturated carbocycles. The molecule has 2 fully saturated rings. The van der Waals surface area contributed by atoms with Crippen molar-refractivity contribution in [3.8, 4) is 0 Å². The van der Waals surface area contributed by atoms with E-state index >= 15 is 0 Å². The number of alkyl halides is 4. The Morgan fingerprint density at radius 1 is 1.05 bits per heavy atom. The maximum atomic E-state index is 15.0. The van der Waals surface area contributed by atoms with Gasteiger partial charge in [0.1, 0.15) is 5.82 Å². The molecule has 40 heavy (non-hydrogen) atoms. The summed E-state index contributed by atoms with van der Waals surface area (Å²) in [7, 11) is 0. The van der Waals surface area contributed by atoms with Gasteiger partial charge in [0.2, 0.25) is 11.6 Å². The van der Waals surface area contributed by atoms with Crippen molar-refractivity contribution >= 4 is 11.9 Å². The van der Waals surface area contributed by atoms with Gasteiger partial charge in [-0.2, -0.15) is 13.2 Å². The number of halogens is 5. The molecule has 1 aliphatic heterocycles. The van der Waals surface area contributed by atoms with Crippen LogP contribution in [0, 0.1) is 24.5 Å². The number of carbonyl (C=O) groups excluding carboxylic acids is 1. The topological polar surface area (TPSA) is 57.6 Å². The lowest BCUT2D eigenvalue weighted by atomic mass is 9.63. The Labute approximate surface area is 234 Å². The van der Waals surface area contributed by atoms with Crippen molar-refractivity contribution in [1.29, 1.82) is 0 Å². The van der Waals surface area contributed by atoms with Gasteiger partial charge in [-0.3, -0.25) is 9.59 Å².